The molecule has 21 heavy (non-hydrogen) atoms. The molecule has 1 aliphatic heterocycles. The van der Waals surface area contributed by atoms with Gasteiger partial charge in [-0.05, 0) is 24.6 Å². The van der Waals surface area contributed by atoms with E-state index in [0.29, 0.717) is 24.2 Å². The van der Waals surface area contributed by atoms with E-state index < -0.39 is 6.04 Å². The number of nitrogen functional groups attached to an aromatic ring is 1. The molecule has 1 aromatic carbocycles. The van der Waals surface area contributed by atoms with Crippen molar-refractivity contribution in [1.29, 1.82) is 0 Å². The number of hydrogen-bond donors (Lipinski definition) is 3. The molecule has 2 aromatic rings. The van der Waals surface area contributed by atoms with E-state index in [2.05, 4.69) is 31.5 Å². The van der Waals surface area contributed by atoms with Crippen molar-refractivity contribution in [1.82, 2.24) is 10.3 Å². The first kappa shape index (κ1) is 13.8. The summed E-state index contributed by atoms with van der Waals surface area (Å²) in [6.45, 7) is 0. The molecular weight excluding hydrogens is 336 g/mol. The van der Waals surface area contributed by atoms with Crippen LogP contribution in [0.25, 0.3) is 10.9 Å². The van der Waals surface area contributed by atoms with Gasteiger partial charge in [0, 0.05) is 16.3 Å². The molecule has 2 heterocycles. The van der Waals surface area contributed by atoms with E-state index in [1.165, 1.54) is 0 Å². The fraction of sp³-hybridized carbons (Fsp3) is 0.214. The molecule has 108 valence electrons. The molecule has 1 unspecified atom stereocenters. The molecule has 1 atom stereocenters. The first-order valence-corrected chi connectivity index (χ1v) is 7.28. The van der Waals surface area contributed by atoms with Crippen LogP contribution >= 0.6 is 15.9 Å². The van der Waals surface area contributed by atoms with Gasteiger partial charge in [0.15, 0.2) is 0 Å². The maximum atomic E-state index is 11.9. The van der Waals surface area contributed by atoms with Gasteiger partial charge in [-0.25, -0.2) is 0 Å². The van der Waals surface area contributed by atoms with Crippen LogP contribution in [0, 0.1) is 0 Å². The maximum Gasteiger partial charge on any atom is 0.249 e. The molecule has 0 bridgehead atoms. The average molecular weight is 349 g/mol. The van der Waals surface area contributed by atoms with Gasteiger partial charge in [-0.3, -0.25) is 19.9 Å². The largest absolute Gasteiger partial charge is 0.396 e. The van der Waals surface area contributed by atoms with E-state index in [4.69, 9.17) is 5.73 Å². The Hall–Kier alpha value is -2.15. The number of halogens is 1. The van der Waals surface area contributed by atoms with Crippen LogP contribution in [-0.2, 0) is 9.59 Å². The summed E-state index contributed by atoms with van der Waals surface area (Å²) in [7, 11) is 0. The van der Waals surface area contributed by atoms with Crippen molar-refractivity contribution in [2.45, 2.75) is 18.9 Å². The maximum absolute atomic E-state index is 11.9. The number of fused-ring (bicyclic) bond motifs is 1. The first-order valence-electron chi connectivity index (χ1n) is 6.48. The minimum Gasteiger partial charge on any atom is -0.396 e. The number of carbonyl (C=O) groups is 2. The highest BCUT2D eigenvalue weighted by molar-refractivity contribution is 9.10. The number of carbonyl (C=O) groups excluding carboxylic acids is 2. The third kappa shape index (κ3) is 2.69. The zero-order valence-electron chi connectivity index (χ0n) is 11.0. The molecule has 0 aliphatic carbocycles. The molecule has 0 radical (unpaired) electrons. The van der Waals surface area contributed by atoms with Gasteiger partial charge in [0.25, 0.3) is 0 Å². The van der Waals surface area contributed by atoms with Gasteiger partial charge in [0.2, 0.25) is 11.8 Å². The van der Waals surface area contributed by atoms with E-state index >= 15 is 0 Å². The lowest BCUT2D eigenvalue weighted by Gasteiger charge is -2.24. The number of aromatic nitrogens is 1. The summed E-state index contributed by atoms with van der Waals surface area (Å²) in [5, 5.41) is 6.29. The Kier molecular flexibility index (Phi) is 3.50. The number of piperidine rings is 1. The zero-order chi connectivity index (χ0) is 15.0. The predicted molar refractivity (Wildman–Crippen MR) is 83.6 cm³/mol. The Balaban J connectivity index is 2.00. The number of amides is 2. The summed E-state index contributed by atoms with van der Waals surface area (Å²) in [6.07, 6.45) is 2.32. The minimum atomic E-state index is -0.477. The van der Waals surface area contributed by atoms with Gasteiger partial charge in [0.1, 0.15) is 6.04 Å². The fourth-order valence-electron chi connectivity index (χ4n) is 2.35. The number of hydrogen-bond acceptors (Lipinski definition) is 5. The molecular formula is C14H13BrN4O2. The van der Waals surface area contributed by atoms with Crippen molar-refractivity contribution in [3.05, 3.63) is 28.9 Å². The Labute approximate surface area is 129 Å². The second-order valence-electron chi connectivity index (χ2n) is 4.90. The van der Waals surface area contributed by atoms with Crippen LogP contribution in [0.3, 0.4) is 0 Å². The van der Waals surface area contributed by atoms with Gasteiger partial charge < -0.3 is 11.1 Å². The van der Waals surface area contributed by atoms with Gasteiger partial charge in [-0.2, -0.15) is 0 Å². The average Bonchev–Trinajstić information content (AvgIpc) is 2.44. The van der Waals surface area contributed by atoms with Crippen molar-refractivity contribution in [2.75, 3.05) is 11.1 Å². The van der Waals surface area contributed by atoms with E-state index in [1.807, 2.05) is 18.2 Å². The number of nitrogens with zero attached hydrogens (tertiary/aromatic N) is 1. The van der Waals surface area contributed by atoms with Gasteiger partial charge in [-0.1, -0.05) is 15.9 Å². The predicted octanol–water partition coefficient (Wildman–Crippen LogP) is 1.80. The number of pyridine rings is 1. The van der Waals surface area contributed by atoms with Crippen LogP contribution in [0.4, 0.5) is 11.4 Å². The van der Waals surface area contributed by atoms with Crippen LogP contribution in [-0.4, -0.2) is 22.8 Å². The second-order valence-corrected chi connectivity index (χ2v) is 5.81. The summed E-state index contributed by atoms with van der Waals surface area (Å²) < 4.78 is 0.897. The van der Waals surface area contributed by atoms with Gasteiger partial charge in [0.05, 0.1) is 23.1 Å². The third-order valence-corrected chi connectivity index (χ3v) is 3.91. The van der Waals surface area contributed by atoms with Crippen LogP contribution in [0.2, 0.25) is 0 Å². The molecule has 1 fully saturated rings. The standard InChI is InChI=1S/C14H13BrN4O2/c15-7-1-2-10-8(5-7)13(9(16)6-17-10)18-11-3-4-12(20)19-14(11)21/h1-2,5-6,11H,3-4,16H2,(H,17,18)(H,19,20,21). The molecule has 4 N–H and O–H groups in total. The number of nitrogens with one attached hydrogen (secondary N) is 2. The van der Waals surface area contributed by atoms with E-state index in [0.717, 1.165) is 15.4 Å². The number of nitrogens with two attached hydrogens (primary N) is 1. The van der Waals surface area contributed by atoms with Crippen LogP contribution in [0.1, 0.15) is 12.8 Å². The third-order valence-electron chi connectivity index (χ3n) is 3.42. The molecule has 1 saturated heterocycles. The second kappa shape index (κ2) is 5.33. The quantitative estimate of drug-likeness (QED) is 0.719. The van der Waals surface area contributed by atoms with Crippen molar-refractivity contribution in [3.8, 4) is 0 Å². The Morgan fingerprint density at radius 3 is 2.95 bits per heavy atom. The molecule has 3 rings (SSSR count). The monoisotopic (exact) mass is 348 g/mol. The summed E-state index contributed by atoms with van der Waals surface area (Å²) in [6, 6.07) is 5.18. The summed E-state index contributed by atoms with van der Waals surface area (Å²) in [4.78, 5) is 27.3. The van der Waals surface area contributed by atoms with E-state index in [9.17, 15) is 9.59 Å². The Morgan fingerprint density at radius 2 is 2.19 bits per heavy atom. The smallest absolute Gasteiger partial charge is 0.249 e. The molecule has 6 nitrogen and oxygen atoms in total. The fourth-order valence-corrected chi connectivity index (χ4v) is 2.71. The molecule has 1 aliphatic rings. The number of anilines is 2. The summed E-state index contributed by atoms with van der Waals surface area (Å²) in [5.41, 5.74) is 7.89. The van der Waals surface area contributed by atoms with Crippen LogP contribution < -0.4 is 16.4 Å². The lowest BCUT2D eigenvalue weighted by Crippen LogP contribution is -2.47. The summed E-state index contributed by atoms with van der Waals surface area (Å²) in [5.74, 6) is -0.570. The van der Waals surface area contributed by atoms with Crippen LogP contribution in [0.15, 0.2) is 28.9 Å². The summed E-state index contributed by atoms with van der Waals surface area (Å²) >= 11 is 3.42. The number of rotatable bonds is 2. The molecule has 0 saturated carbocycles. The van der Waals surface area contributed by atoms with Crippen LogP contribution in [0.5, 0.6) is 0 Å². The lowest BCUT2D eigenvalue weighted by molar-refractivity contribution is -0.133. The Bertz CT molecular complexity index is 742. The minimum absolute atomic E-state index is 0.242. The number of benzene rings is 1. The highest BCUT2D eigenvalue weighted by Gasteiger charge is 2.27. The molecule has 7 heteroatoms. The first-order chi connectivity index (χ1) is 10.0. The van der Waals surface area contributed by atoms with Crippen molar-refractivity contribution < 1.29 is 9.59 Å². The van der Waals surface area contributed by atoms with Crippen molar-refractivity contribution in [2.24, 2.45) is 0 Å². The normalized spacial score (nSPS) is 18.6. The lowest BCUT2D eigenvalue weighted by atomic mass is 10.0. The van der Waals surface area contributed by atoms with Crippen molar-refractivity contribution >= 4 is 50.0 Å². The van der Waals surface area contributed by atoms with Crippen molar-refractivity contribution in [3.63, 3.8) is 0 Å². The van der Waals surface area contributed by atoms with E-state index in [-0.39, 0.29) is 11.8 Å². The van der Waals surface area contributed by atoms with Gasteiger partial charge in [-0.15, -0.1) is 0 Å². The Morgan fingerprint density at radius 1 is 1.38 bits per heavy atom. The SMILES string of the molecule is Nc1cnc2ccc(Br)cc2c1NC1CCC(=O)NC1=O. The highest BCUT2D eigenvalue weighted by Crippen LogP contribution is 2.31. The zero-order valence-corrected chi connectivity index (χ0v) is 12.6. The van der Waals surface area contributed by atoms with Gasteiger partial charge >= 0.3 is 0 Å². The molecule has 0 spiro atoms. The van der Waals surface area contributed by atoms with E-state index in [1.54, 1.807) is 6.20 Å². The molecule has 1 aromatic heterocycles. The molecule has 2 amide bonds. The number of imide groups is 1. The topological polar surface area (TPSA) is 97.1 Å². The highest BCUT2D eigenvalue weighted by atomic mass is 79.9.